The molecule has 0 aromatic rings. The lowest BCUT2D eigenvalue weighted by molar-refractivity contribution is -0.146. The first-order chi connectivity index (χ1) is 10.1. The van der Waals surface area contributed by atoms with Crippen molar-refractivity contribution < 1.29 is 14.3 Å². The Bertz CT molecular complexity index is 501. The number of hydrogen-bond donors (Lipinski definition) is 0. The Morgan fingerprint density at radius 3 is 2.45 bits per heavy atom. The van der Waals surface area contributed by atoms with Gasteiger partial charge in [-0.2, -0.15) is 0 Å². The van der Waals surface area contributed by atoms with Crippen LogP contribution in [0.2, 0.25) is 0 Å². The molecule has 2 aliphatic carbocycles. The Kier molecular flexibility index (Phi) is 4.56. The van der Waals surface area contributed by atoms with Crippen LogP contribution in [-0.2, 0) is 14.3 Å². The lowest BCUT2D eigenvalue weighted by Gasteiger charge is -2.31. The number of fused-ring (bicyclic) bond motifs is 2. The Hall–Kier alpha value is -1.12. The second kappa shape index (κ2) is 5.82. The monoisotopic (exact) mass is 306 g/mol. The highest BCUT2D eigenvalue weighted by Gasteiger charge is 2.63. The summed E-state index contributed by atoms with van der Waals surface area (Å²) in [6.07, 6.45) is 4.70. The first kappa shape index (κ1) is 17.2. The molecule has 3 nitrogen and oxygen atoms in total. The van der Waals surface area contributed by atoms with Crippen molar-refractivity contribution in [2.45, 2.75) is 60.8 Å². The zero-order valence-electron chi connectivity index (χ0n) is 14.9. The third-order valence-electron chi connectivity index (χ3n) is 6.06. The Labute approximate surface area is 134 Å². The average Bonchev–Trinajstić information content (AvgIpc) is 2.72. The molecular formula is C19H30O3. The van der Waals surface area contributed by atoms with Crippen molar-refractivity contribution >= 4 is 11.8 Å². The molecule has 0 aromatic carbocycles. The Morgan fingerprint density at radius 2 is 2.00 bits per heavy atom. The van der Waals surface area contributed by atoms with Crippen LogP contribution in [0.15, 0.2) is 11.6 Å². The zero-order valence-corrected chi connectivity index (χ0v) is 14.9. The van der Waals surface area contributed by atoms with Crippen molar-refractivity contribution in [3.8, 4) is 0 Å². The summed E-state index contributed by atoms with van der Waals surface area (Å²) in [7, 11) is 0. The van der Waals surface area contributed by atoms with E-state index >= 15 is 0 Å². The molecule has 0 radical (unpaired) electrons. The van der Waals surface area contributed by atoms with E-state index in [2.05, 4.69) is 34.6 Å². The van der Waals surface area contributed by atoms with Gasteiger partial charge in [0.1, 0.15) is 0 Å². The van der Waals surface area contributed by atoms with Crippen molar-refractivity contribution in [3.05, 3.63) is 11.6 Å². The van der Waals surface area contributed by atoms with Gasteiger partial charge in [-0.05, 0) is 49.0 Å². The molecule has 22 heavy (non-hydrogen) atoms. The van der Waals surface area contributed by atoms with Crippen molar-refractivity contribution in [1.29, 1.82) is 0 Å². The molecule has 124 valence electrons. The fourth-order valence-corrected chi connectivity index (χ4v) is 4.33. The van der Waals surface area contributed by atoms with E-state index in [1.807, 2.05) is 13.0 Å². The molecule has 2 bridgehead atoms. The van der Waals surface area contributed by atoms with Gasteiger partial charge in [0.05, 0.1) is 12.5 Å². The number of esters is 1. The molecular weight excluding hydrogens is 276 g/mol. The predicted octanol–water partition coefficient (Wildman–Crippen LogP) is 4.16. The standard InChI is InChI=1S/C19H30O3/c1-7-22-17(21)13(10-12(2)3)11-14-15-8-9-19(6,16(14)20)18(15,4)5/h11-13,15H,7-10H2,1-6H3/b14-11+/t13-,15-,19+/m1/s1. The quantitative estimate of drug-likeness (QED) is 0.566. The third kappa shape index (κ3) is 2.53. The van der Waals surface area contributed by atoms with Crippen molar-refractivity contribution in [2.24, 2.45) is 28.6 Å². The van der Waals surface area contributed by atoms with Crippen molar-refractivity contribution in [3.63, 3.8) is 0 Å². The number of Topliss-reactive ketones (excluding diaryl/α,β-unsaturated/α-hetero) is 1. The summed E-state index contributed by atoms with van der Waals surface area (Å²) in [5.74, 6) is 0.448. The summed E-state index contributed by atoms with van der Waals surface area (Å²) in [6, 6.07) is 0. The van der Waals surface area contributed by atoms with Crippen LogP contribution in [0.3, 0.4) is 0 Å². The second-order valence-corrected chi connectivity index (χ2v) is 8.08. The van der Waals surface area contributed by atoms with Gasteiger partial charge >= 0.3 is 5.97 Å². The average molecular weight is 306 g/mol. The van der Waals surface area contributed by atoms with Crippen LogP contribution in [0.5, 0.6) is 0 Å². The molecule has 0 aliphatic heterocycles. The molecule has 0 aromatic heterocycles. The van der Waals surface area contributed by atoms with Crippen LogP contribution in [0.25, 0.3) is 0 Å². The van der Waals surface area contributed by atoms with Gasteiger partial charge in [0.25, 0.3) is 0 Å². The topological polar surface area (TPSA) is 43.4 Å². The van der Waals surface area contributed by atoms with Gasteiger partial charge in [-0.1, -0.05) is 40.7 Å². The maximum atomic E-state index is 12.9. The molecule has 2 saturated carbocycles. The van der Waals surface area contributed by atoms with Gasteiger partial charge in [0.2, 0.25) is 0 Å². The molecule has 2 rings (SSSR count). The van der Waals surface area contributed by atoms with Gasteiger partial charge in [0.15, 0.2) is 5.78 Å². The summed E-state index contributed by atoms with van der Waals surface area (Å²) in [5, 5.41) is 0. The van der Waals surface area contributed by atoms with E-state index < -0.39 is 0 Å². The number of ether oxygens (including phenoxy) is 1. The lowest BCUT2D eigenvalue weighted by atomic mass is 9.70. The predicted molar refractivity (Wildman–Crippen MR) is 87.3 cm³/mol. The lowest BCUT2D eigenvalue weighted by Crippen LogP contribution is -2.32. The van der Waals surface area contributed by atoms with Gasteiger partial charge in [-0.3, -0.25) is 9.59 Å². The van der Waals surface area contributed by atoms with Crippen LogP contribution in [0.1, 0.15) is 60.8 Å². The highest BCUT2D eigenvalue weighted by atomic mass is 16.5. The van der Waals surface area contributed by atoms with Crippen LogP contribution in [0, 0.1) is 28.6 Å². The molecule has 0 unspecified atom stereocenters. The van der Waals surface area contributed by atoms with Crippen molar-refractivity contribution in [1.82, 2.24) is 0 Å². The molecule has 0 N–H and O–H groups in total. The van der Waals surface area contributed by atoms with Crippen LogP contribution in [-0.4, -0.2) is 18.4 Å². The fourth-order valence-electron chi connectivity index (χ4n) is 4.33. The first-order valence-corrected chi connectivity index (χ1v) is 8.58. The van der Waals surface area contributed by atoms with Crippen molar-refractivity contribution in [2.75, 3.05) is 6.61 Å². The summed E-state index contributed by atoms with van der Waals surface area (Å²) in [6.45, 7) is 12.9. The maximum Gasteiger partial charge on any atom is 0.312 e. The van der Waals surface area contributed by atoms with E-state index in [1.165, 1.54) is 0 Å². The molecule has 0 spiro atoms. The number of hydrogen-bond acceptors (Lipinski definition) is 3. The number of allylic oxidation sites excluding steroid dienone is 1. The Balaban J connectivity index is 2.33. The number of rotatable bonds is 5. The van der Waals surface area contributed by atoms with Gasteiger partial charge < -0.3 is 4.74 Å². The molecule has 0 saturated heterocycles. The fraction of sp³-hybridized carbons (Fsp3) is 0.789. The van der Waals surface area contributed by atoms with Crippen LogP contribution in [0.4, 0.5) is 0 Å². The normalized spacial score (nSPS) is 32.8. The number of carbonyl (C=O) groups excluding carboxylic acids is 2. The van der Waals surface area contributed by atoms with E-state index in [9.17, 15) is 9.59 Å². The third-order valence-corrected chi connectivity index (χ3v) is 6.06. The number of ketones is 1. The van der Waals surface area contributed by atoms with E-state index in [-0.39, 0.29) is 34.4 Å². The molecule has 0 amide bonds. The van der Waals surface area contributed by atoms with Crippen LogP contribution < -0.4 is 0 Å². The summed E-state index contributed by atoms with van der Waals surface area (Å²) >= 11 is 0. The molecule has 2 fully saturated rings. The molecule has 2 aliphatic rings. The highest BCUT2D eigenvalue weighted by Crippen LogP contribution is 2.65. The molecule has 0 heterocycles. The highest BCUT2D eigenvalue weighted by molar-refractivity contribution is 6.05. The Morgan fingerprint density at radius 1 is 1.36 bits per heavy atom. The minimum Gasteiger partial charge on any atom is -0.466 e. The zero-order chi connectivity index (χ0) is 16.7. The summed E-state index contributed by atoms with van der Waals surface area (Å²) in [4.78, 5) is 25.1. The van der Waals surface area contributed by atoms with Crippen LogP contribution >= 0.6 is 0 Å². The van der Waals surface area contributed by atoms with E-state index in [0.29, 0.717) is 12.5 Å². The molecule has 3 atom stereocenters. The maximum absolute atomic E-state index is 12.9. The smallest absolute Gasteiger partial charge is 0.312 e. The van der Waals surface area contributed by atoms with Gasteiger partial charge in [0, 0.05) is 5.41 Å². The van der Waals surface area contributed by atoms with E-state index in [4.69, 9.17) is 4.74 Å². The van der Waals surface area contributed by atoms with Gasteiger partial charge in [-0.15, -0.1) is 0 Å². The summed E-state index contributed by atoms with van der Waals surface area (Å²) in [5.41, 5.74) is 0.616. The first-order valence-electron chi connectivity index (χ1n) is 8.58. The number of carbonyl (C=O) groups is 2. The summed E-state index contributed by atoms with van der Waals surface area (Å²) < 4.78 is 5.21. The largest absolute Gasteiger partial charge is 0.466 e. The SMILES string of the molecule is CCOC(=O)[C@@H](/C=C1/C(=O)[C@]2(C)CC[C@H]1C2(C)C)CC(C)C. The van der Waals surface area contributed by atoms with Gasteiger partial charge in [-0.25, -0.2) is 0 Å². The van der Waals surface area contributed by atoms with E-state index in [0.717, 1.165) is 24.8 Å². The minimum atomic E-state index is -0.294. The minimum absolute atomic E-state index is 0.00699. The second-order valence-electron chi connectivity index (χ2n) is 8.08. The van der Waals surface area contributed by atoms with E-state index in [1.54, 1.807) is 0 Å². The molecule has 3 heteroatoms.